The largest absolute Gasteiger partial charge is 0.421 e. The monoisotopic (exact) mass is 222 g/mol. The minimum absolute atomic E-state index is 0.0227. The van der Waals surface area contributed by atoms with Gasteiger partial charge in [-0.2, -0.15) is 0 Å². The van der Waals surface area contributed by atoms with Crippen LogP contribution in [-0.2, 0) is 9.39 Å². The zero-order chi connectivity index (χ0) is 12.6. The van der Waals surface area contributed by atoms with E-state index in [9.17, 15) is 0 Å². The van der Waals surface area contributed by atoms with Crippen molar-refractivity contribution in [3.8, 4) is 0 Å². The molecular formula is C13H23BO2. The molecule has 0 aliphatic carbocycles. The van der Waals surface area contributed by atoms with Crippen LogP contribution < -0.4 is 0 Å². The Morgan fingerprint density at radius 1 is 1.25 bits per heavy atom. The van der Waals surface area contributed by atoms with Gasteiger partial charge in [-0.15, -0.1) is 0 Å². The van der Waals surface area contributed by atoms with Crippen LogP contribution in [0.3, 0.4) is 0 Å². The van der Waals surface area contributed by atoms with Crippen LogP contribution in [0.25, 0.3) is 0 Å². The van der Waals surface area contributed by atoms with E-state index in [0.29, 0.717) is 0 Å². The minimum atomic E-state index is -0.304. The average molecular weight is 222 g/mol. The van der Waals surface area contributed by atoms with Gasteiger partial charge in [-0.25, -0.2) is 0 Å². The van der Waals surface area contributed by atoms with Crippen LogP contribution in [0.15, 0.2) is 24.2 Å². The summed E-state index contributed by atoms with van der Waals surface area (Å²) in [6.45, 7) is 16.1. The first kappa shape index (κ1) is 13.5. The summed E-state index contributed by atoms with van der Waals surface area (Å²) in [6.07, 6.45) is 3.88. The van der Waals surface area contributed by atoms with E-state index in [1.165, 1.54) is 0 Å². The van der Waals surface area contributed by atoms with Gasteiger partial charge in [0.05, 0.1) is 17.2 Å². The van der Waals surface area contributed by atoms with Gasteiger partial charge in [0.25, 0.3) is 0 Å². The van der Waals surface area contributed by atoms with Crippen LogP contribution in [-0.4, -0.2) is 24.1 Å². The standard InChI is InChI=1S/C13H23BO2/c1-8-11(9-2)14-10(3)15-12(4,5)13(6,7)16-14/h8-10H,1H2,2-7H3/b11-9+. The number of allylic oxidation sites excluding steroid dienone is 3. The highest BCUT2D eigenvalue weighted by atomic mass is 16.6. The van der Waals surface area contributed by atoms with E-state index in [0.717, 1.165) is 5.47 Å². The average Bonchev–Trinajstić information content (AvgIpc) is 2.15. The second-order valence-electron chi connectivity index (χ2n) is 5.37. The van der Waals surface area contributed by atoms with Crippen molar-refractivity contribution in [3.05, 3.63) is 24.2 Å². The second-order valence-corrected chi connectivity index (χ2v) is 5.37. The lowest BCUT2D eigenvalue weighted by Crippen LogP contribution is -2.62. The van der Waals surface area contributed by atoms with Gasteiger partial charge in [0.15, 0.2) is 0 Å². The van der Waals surface area contributed by atoms with Crippen LogP contribution in [0, 0.1) is 0 Å². The lowest BCUT2D eigenvalue weighted by Gasteiger charge is -2.50. The third kappa shape index (κ3) is 2.25. The van der Waals surface area contributed by atoms with Crippen molar-refractivity contribution in [3.63, 3.8) is 0 Å². The molecule has 0 spiro atoms. The molecule has 0 aromatic heterocycles. The van der Waals surface area contributed by atoms with Crippen molar-refractivity contribution >= 4 is 6.92 Å². The Morgan fingerprint density at radius 2 is 1.81 bits per heavy atom. The van der Waals surface area contributed by atoms with Crippen LogP contribution in [0.1, 0.15) is 41.5 Å². The number of hydrogen-bond acceptors (Lipinski definition) is 2. The molecule has 1 aliphatic heterocycles. The summed E-state index contributed by atoms with van der Waals surface area (Å²) in [5.41, 5.74) is 0.515. The van der Waals surface area contributed by atoms with Crippen LogP contribution >= 0.6 is 0 Å². The van der Waals surface area contributed by atoms with E-state index < -0.39 is 0 Å². The molecule has 1 atom stereocenters. The highest BCUT2D eigenvalue weighted by Gasteiger charge is 2.50. The highest BCUT2D eigenvalue weighted by molar-refractivity contribution is 6.62. The smallest absolute Gasteiger partial charge is 0.356 e. The predicted octanol–water partition coefficient (Wildman–Crippen LogP) is 3.18. The minimum Gasteiger partial charge on any atom is -0.421 e. The van der Waals surface area contributed by atoms with Crippen molar-refractivity contribution in [1.29, 1.82) is 0 Å². The van der Waals surface area contributed by atoms with Crippen molar-refractivity contribution < 1.29 is 9.39 Å². The fourth-order valence-electron chi connectivity index (χ4n) is 1.96. The first-order chi connectivity index (χ1) is 7.25. The van der Waals surface area contributed by atoms with Crippen LogP contribution in [0.4, 0.5) is 0 Å². The van der Waals surface area contributed by atoms with Gasteiger partial charge in [-0.3, -0.25) is 0 Å². The molecule has 0 saturated carbocycles. The first-order valence-electron chi connectivity index (χ1n) is 5.89. The second kappa shape index (κ2) is 4.38. The Kier molecular flexibility index (Phi) is 3.71. The molecule has 0 N–H and O–H groups in total. The summed E-state index contributed by atoms with van der Waals surface area (Å²) in [6, 6.07) is 0.0484. The quantitative estimate of drug-likeness (QED) is 0.527. The maximum atomic E-state index is 6.18. The molecule has 0 aromatic carbocycles. The molecule has 0 bridgehead atoms. The normalized spacial score (nSPS) is 29.0. The third-order valence-corrected chi connectivity index (χ3v) is 3.68. The lowest BCUT2D eigenvalue weighted by atomic mass is 9.53. The van der Waals surface area contributed by atoms with Crippen molar-refractivity contribution in [1.82, 2.24) is 0 Å². The molecule has 1 rings (SSSR count). The molecule has 1 unspecified atom stereocenters. The molecule has 1 aliphatic rings. The summed E-state index contributed by atoms with van der Waals surface area (Å²) in [7, 11) is 0. The molecule has 16 heavy (non-hydrogen) atoms. The van der Waals surface area contributed by atoms with Crippen molar-refractivity contribution in [2.45, 2.75) is 58.7 Å². The van der Waals surface area contributed by atoms with Crippen LogP contribution in [0.5, 0.6) is 0 Å². The zero-order valence-electron chi connectivity index (χ0n) is 11.3. The predicted molar refractivity (Wildman–Crippen MR) is 69.5 cm³/mol. The molecule has 1 fully saturated rings. The van der Waals surface area contributed by atoms with Crippen molar-refractivity contribution in [2.75, 3.05) is 0 Å². The van der Waals surface area contributed by atoms with Crippen LogP contribution in [0.2, 0.25) is 0 Å². The number of hydrogen-bond donors (Lipinski definition) is 0. The van der Waals surface area contributed by atoms with Gasteiger partial charge in [0.2, 0.25) is 0 Å². The number of rotatable bonds is 2. The van der Waals surface area contributed by atoms with E-state index in [2.05, 4.69) is 41.2 Å². The number of ether oxygens (including phenoxy) is 1. The Labute approximate surface area is 99.8 Å². The van der Waals surface area contributed by atoms with E-state index in [4.69, 9.17) is 9.39 Å². The van der Waals surface area contributed by atoms with E-state index in [1.54, 1.807) is 0 Å². The maximum absolute atomic E-state index is 6.18. The van der Waals surface area contributed by atoms with Gasteiger partial charge in [-0.05, 0) is 41.5 Å². The summed E-state index contributed by atoms with van der Waals surface area (Å²) >= 11 is 0. The highest BCUT2D eigenvalue weighted by Crippen LogP contribution is 2.37. The van der Waals surface area contributed by atoms with Gasteiger partial charge in [0.1, 0.15) is 0 Å². The Balaban J connectivity index is 2.98. The van der Waals surface area contributed by atoms with Gasteiger partial charge in [0, 0.05) is 0 Å². The SMILES string of the molecule is C=C/C(=C\C)B1OC(C)(C)C(C)(C)OC1C. The lowest BCUT2D eigenvalue weighted by molar-refractivity contribution is -0.176. The molecule has 1 saturated heterocycles. The molecule has 2 nitrogen and oxygen atoms in total. The van der Waals surface area contributed by atoms with E-state index in [-0.39, 0.29) is 24.1 Å². The molecular weight excluding hydrogens is 199 g/mol. The molecule has 0 aromatic rings. The fraction of sp³-hybridized carbons (Fsp3) is 0.692. The van der Waals surface area contributed by atoms with Gasteiger partial charge >= 0.3 is 6.92 Å². The Hall–Kier alpha value is -0.535. The zero-order valence-corrected chi connectivity index (χ0v) is 11.3. The molecule has 0 radical (unpaired) electrons. The Bertz CT molecular complexity index is 305. The summed E-state index contributed by atoms with van der Waals surface area (Å²) in [4.78, 5) is 0. The van der Waals surface area contributed by atoms with E-state index in [1.807, 2.05) is 19.1 Å². The summed E-state index contributed by atoms with van der Waals surface area (Å²) in [5.74, 6) is 0. The molecule has 0 amide bonds. The fourth-order valence-corrected chi connectivity index (χ4v) is 1.96. The van der Waals surface area contributed by atoms with Gasteiger partial charge in [-0.1, -0.05) is 24.2 Å². The molecule has 1 heterocycles. The Morgan fingerprint density at radius 3 is 2.25 bits per heavy atom. The van der Waals surface area contributed by atoms with Crippen molar-refractivity contribution in [2.24, 2.45) is 0 Å². The first-order valence-corrected chi connectivity index (χ1v) is 5.89. The summed E-state index contributed by atoms with van der Waals surface area (Å²) < 4.78 is 12.3. The summed E-state index contributed by atoms with van der Waals surface area (Å²) in [5, 5.41) is 0. The maximum Gasteiger partial charge on any atom is 0.356 e. The van der Waals surface area contributed by atoms with Gasteiger partial charge < -0.3 is 9.39 Å². The van der Waals surface area contributed by atoms with E-state index >= 15 is 0 Å². The molecule has 90 valence electrons. The topological polar surface area (TPSA) is 18.5 Å². The molecule has 3 heteroatoms. The third-order valence-electron chi connectivity index (χ3n) is 3.68.